The van der Waals surface area contributed by atoms with Gasteiger partial charge in [-0.1, -0.05) is 18.2 Å². The average molecular weight is 348 g/mol. The number of anilines is 1. The highest BCUT2D eigenvalue weighted by Crippen LogP contribution is 2.21. The van der Waals surface area contributed by atoms with E-state index in [1.165, 1.54) is 24.9 Å². The van der Waals surface area contributed by atoms with E-state index < -0.39 is 5.97 Å². The van der Waals surface area contributed by atoms with E-state index in [9.17, 15) is 14.4 Å². The standard InChI is InChI=1S/C20H16N2O4/c1-13(23)15-8-10-17(11-9-15)22(14(2)24)12-18-20(25)26-19(21-18)16-6-4-3-5-7-16/h3-12H,1-2H3. The second kappa shape index (κ2) is 7.14. The maximum atomic E-state index is 12.1. The van der Waals surface area contributed by atoms with Crippen LogP contribution in [0.4, 0.5) is 5.69 Å². The molecule has 1 heterocycles. The van der Waals surface area contributed by atoms with Crippen molar-refractivity contribution in [1.82, 2.24) is 0 Å². The highest BCUT2D eigenvalue weighted by atomic mass is 16.6. The Morgan fingerprint density at radius 2 is 1.65 bits per heavy atom. The Labute approximate surface area is 150 Å². The van der Waals surface area contributed by atoms with Crippen molar-refractivity contribution in [2.75, 3.05) is 4.90 Å². The predicted octanol–water partition coefficient (Wildman–Crippen LogP) is 3.09. The normalized spacial score (nSPS) is 14.8. The van der Waals surface area contributed by atoms with E-state index in [0.717, 1.165) is 0 Å². The molecule has 6 heteroatoms. The third-order valence-electron chi connectivity index (χ3n) is 3.78. The number of aliphatic imine (C=N–C) groups is 1. The fraction of sp³-hybridized carbons (Fsp3) is 0.100. The van der Waals surface area contributed by atoms with Crippen LogP contribution in [0.3, 0.4) is 0 Å². The van der Waals surface area contributed by atoms with Gasteiger partial charge in [0.15, 0.2) is 11.5 Å². The Morgan fingerprint density at radius 1 is 1.00 bits per heavy atom. The maximum absolute atomic E-state index is 12.1. The monoisotopic (exact) mass is 348 g/mol. The lowest BCUT2D eigenvalue weighted by atomic mass is 10.1. The van der Waals surface area contributed by atoms with E-state index in [4.69, 9.17) is 4.74 Å². The number of amides is 1. The lowest BCUT2D eigenvalue weighted by Gasteiger charge is -2.16. The summed E-state index contributed by atoms with van der Waals surface area (Å²) in [5.41, 5.74) is 1.75. The van der Waals surface area contributed by atoms with Crippen molar-refractivity contribution < 1.29 is 19.1 Å². The van der Waals surface area contributed by atoms with Crippen LogP contribution >= 0.6 is 0 Å². The quantitative estimate of drug-likeness (QED) is 0.483. The molecule has 1 amide bonds. The van der Waals surface area contributed by atoms with Gasteiger partial charge in [-0.15, -0.1) is 0 Å². The molecule has 0 aliphatic carbocycles. The second-order valence-corrected chi connectivity index (χ2v) is 5.68. The Bertz CT molecular complexity index is 928. The third-order valence-corrected chi connectivity index (χ3v) is 3.78. The van der Waals surface area contributed by atoms with Gasteiger partial charge in [0.25, 0.3) is 0 Å². The van der Waals surface area contributed by atoms with Gasteiger partial charge in [0.1, 0.15) is 0 Å². The van der Waals surface area contributed by atoms with Gasteiger partial charge in [0, 0.05) is 29.9 Å². The van der Waals surface area contributed by atoms with Gasteiger partial charge in [-0.25, -0.2) is 9.79 Å². The van der Waals surface area contributed by atoms with Crippen LogP contribution in [0.2, 0.25) is 0 Å². The molecule has 0 atom stereocenters. The number of ether oxygens (including phenoxy) is 1. The van der Waals surface area contributed by atoms with Crippen LogP contribution in [0, 0.1) is 0 Å². The summed E-state index contributed by atoms with van der Waals surface area (Å²) in [6.45, 7) is 2.84. The van der Waals surface area contributed by atoms with Crippen LogP contribution < -0.4 is 4.90 Å². The van der Waals surface area contributed by atoms with Crippen LogP contribution in [-0.4, -0.2) is 23.6 Å². The fourth-order valence-electron chi connectivity index (χ4n) is 2.43. The molecule has 0 radical (unpaired) electrons. The number of esters is 1. The predicted molar refractivity (Wildman–Crippen MR) is 96.8 cm³/mol. The van der Waals surface area contributed by atoms with E-state index >= 15 is 0 Å². The molecule has 130 valence electrons. The minimum absolute atomic E-state index is 0.0229. The zero-order valence-corrected chi connectivity index (χ0v) is 14.3. The van der Waals surface area contributed by atoms with Gasteiger partial charge in [0.2, 0.25) is 11.8 Å². The molecule has 3 rings (SSSR count). The molecule has 1 aliphatic heterocycles. The first-order valence-electron chi connectivity index (χ1n) is 7.94. The number of Topliss-reactive ketones (excluding diaryl/α,β-unsaturated/α-hetero) is 1. The molecule has 26 heavy (non-hydrogen) atoms. The first kappa shape index (κ1) is 17.3. The van der Waals surface area contributed by atoms with Crippen LogP contribution in [0.5, 0.6) is 0 Å². The Kier molecular flexibility index (Phi) is 4.75. The zero-order valence-electron chi connectivity index (χ0n) is 14.3. The molecule has 0 spiro atoms. The molecular weight excluding hydrogens is 332 g/mol. The summed E-state index contributed by atoms with van der Waals surface area (Å²) < 4.78 is 5.19. The number of carbonyl (C=O) groups excluding carboxylic acids is 3. The number of hydrogen-bond donors (Lipinski definition) is 0. The smallest absolute Gasteiger partial charge is 0.365 e. The number of nitrogens with zero attached hydrogens (tertiary/aromatic N) is 2. The molecular formula is C20H16N2O4. The Hall–Kier alpha value is -3.54. The molecule has 0 saturated carbocycles. The van der Waals surface area contributed by atoms with E-state index in [1.807, 2.05) is 18.2 Å². The van der Waals surface area contributed by atoms with Crippen molar-refractivity contribution in [3.63, 3.8) is 0 Å². The molecule has 0 saturated heterocycles. The van der Waals surface area contributed by atoms with Crippen molar-refractivity contribution in [3.8, 4) is 0 Å². The van der Waals surface area contributed by atoms with E-state index in [0.29, 0.717) is 16.8 Å². The van der Waals surface area contributed by atoms with E-state index in [2.05, 4.69) is 4.99 Å². The lowest BCUT2D eigenvalue weighted by Crippen LogP contribution is -2.23. The van der Waals surface area contributed by atoms with E-state index in [-0.39, 0.29) is 23.3 Å². The van der Waals surface area contributed by atoms with Crippen molar-refractivity contribution in [3.05, 3.63) is 77.6 Å². The minimum Gasteiger partial charge on any atom is -0.402 e. The maximum Gasteiger partial charge on any atom is 0.365 e. The summed E-state index contributed by atoms with van der Waals surface area (Å²) in [6, 6.07) is 15.5. The second-order valence-electron chi connectivity index (χ2n) is 5.68. The Balaban J connectivity index is 1.94. The van der Waals surface area contributed by atoms with Crippen molar-refractivity contribution in [1.29, 1.82) is 0 Å². The molecule has 2 aromatic carbocycles. The highest BCUT2D eigenvalue weighted by Gasteiger charge is 2.25. The summed E-state index contributed by atoms with van der Waals surface area (Å²) in [5, 5.41) is 0. The number of cyclic esters (lactones) is 1. The van der Waals surface area contributed by atoms with Crippen LogP contribution in [0.25, 0.3) is 0 Å². The summed E-state index contributed by atoms with van der Waals surface area (Å²) in [7, 11) is 0. The molecule has 0 aromatic heterocycles. The molecule has 0 unspecified atom stereocenters. The van der Waals surface area contributed by atoms with Crippen LogP contribution in [-0.2, 0) is 14.3 Å². The molecule has 0 fully saturated rings. The van der Waals surface area contributed by atoms with Gasteiger partial charge in [-0.2, -0.15) is 0 Å². The van der Waals surface area contributed by atoms with Crippen molar-refractivity contribution in [2.45, 2.75) is 13.8 Å². The average Bonchev–Trinajstić information content (AvgIpc) is 3.01. The van der Waals surface area contributed by atoms with Crippen LogP contribution in [0.15, 0.2) is 71.5 Å². The summed E-state index contributed by atoms with van der Waals surface area (Å²) in [6.07, 6.45) is 1.34. The minimum atomic E-state index is -0.629. The molecule has 6 nitrogen and oxygen atoms in total. The first-order valence-corrected chi connectivity index (χ1v) is 7.94. The number of hydrogen-bond acceptors (Lipinski definition) is 5. The number of carbonyl (C=O) groups is 3. The Morgan fingerprint density at radius 3 is 2.23 bits per heavy atom. The fourth-order valence-corrected chi connectivity index (χ4v) is 2.43. The lowest BCUT2D eigenvalue weighted by molar-refractivity contribution is -0.130. The first-order chi connectivity index (χ1) is 12.5. The van der Waals surface area contributed by atoms with Crippen molar-refractivity contribution >= 4 is 29.2 Å². The zero-order chi connectivity index (χ0) is 18.7. The van der Waals surface area contributed by atoms with Gasteiger partial charge in [-0.05, 0) is 43.3 Å². The van der Waals surface area contributed by atoms with Gasteiger partial charge < -0.3 is 4.74 Å². The highest BCUT2D eigenvalue weighted by molar-refractivity contribution is 6.11. The summed E-state index contributed by atoms with van der Waals surface area (Å²) in [5.74, 6) is -0.808. The van der Waals surface area contributed by atoms with Crippen molar-refractivity contribution in [2.24, 2.45) is 4.99 Å². The number of benzene rings is 2. The molecule has 0 bridgehead atoms. The molecule has 1 aliphatic rings. The SMILES string of the molecule is CC(=O)c1ccc(N(C=C2N=C(c3ccccc3)OC2=O)C(C)=O)cc1. The van der Waals surface area contributed by atoms with Gasteiger partial charge in [-0.3, -0.25) is 14.5 Å². The van der Waals surface area contributed by atoms with Gasteiger partial charge in [0.05, 0.1) is 0 Å². The largest absolute Gasteiger partial charge is 0.402 e. The number of rotatable bonds is 4. The third kappa shape index (κ3) is 3.59. The summed E-state index contributed by atoms with van der Waals surface area (Å²) in [4.78, 5) is 41.0. The topological polar surface area (TPSA) is 76.0 Å². The van der Waals surface area contributed by atoms with Crippen LogP contribution in [0.1, 0.15) is 29.8 Å². The van der Waals surface area contributed by atoms with Gasteiger partial charge >= 0.3 is 5.97 Å². The number of ketones is 1. The molecule has 2 aromatic rings. The van der Waals surface area contributed by atoms with E-state index in [1.54, 1.807) is 36.4 Å². The molecule has 0 N–H and O–H groups in total. The summed E-state index contributed by atoms with van der Waals surface area (Å²) >= 11 is 0.